The standard InChI is InChI=1S/C13H10F3NO4S2/c1-21-10-5-4-8(23(19,20)13(14,15)16)7-9(10)17-12(18)11-3-2-6-22-11/h2-7H,1H3,(H,17,18). The summed E-state index contributed by atoms with van der Waals surface area (Å²) in [5.41, 5.74) is -5.60. The lowest BCUT2D eigenvalue weighted by atomic mass is 10.3. The van der Waals surface area contributed by atoms with Gasteiger partial charge in [-0.25, -0.2) is 8.42 Å². The number of ether oxygens (including phenoxy) is 1. The first-order chi connectivity index (χ1) is 10.7. The molecule has 0 saturated heterocycles. The lowest BCUT2D eigenvalue weighted by Gasteiger charge is -2.13. The molecule has 0 spiro atoms. The molecule has 10 heteroatoms. The number of nitrogens with one attached hydrogen (secondary N) is 1. The molecular weight excluding hydrogens is 355 g/mol. The van der Waals surface area contributed by atoms with Crippen LogP contribution in [0.15, 0.2) is 40.6 Å². The van der Waals surface area contributed by atoms with E-state index >= 15 is 0 Å². The molecule has 124 valence electrons. The van der Waals surface area contributed by atoms with Crippen LogP contribution in [-0.4, -0.2) is 26.9 Å². The molecular formula is C13H10F3NO4S2. The zero-order valence-corrected chi connectivity index (χ0v) is 13.2. The second kappa shape index (κ2) is 6.20. The molecule has 1 N–H and O–H groups in total. The quantitative estimate of drug-likeness (QED) is 0.902. The predicted molar refractivity (Wildman–Crippen MR) is 78.5 cm³/mol. The molecule has 0 atom stereocenters. The maximum Gasteiger partial charge on any atom is 0.501 e. The molecule has 0 fully saturated rings. The maximum atomic E-state index is 12.6. The number of halogens is 3. The van der Waals surface area contributed by atoms with E-state index in [1.54, 1.807) is 11.4 Å². The number of hydrogen-bond acceptors (Lipinski definition) is 5. The minimum Gasteiger partial charge on any atom is -0.495 e. The Hall–Kier alpha value is -2.07. The van der Waals surface area contributed by atoms with E-state index in [4.69, 9.17) is 4.74 Å². The van der Waals surface area contributed by atoms with E-state index in [9.17, 15) is 26.4 Å². The van der Waals surface area contributed by atoms with Gasteiger partial charge in [0.1, 0.15) is 5.75 Å². The Kier molecular flexibility index (Phi) is 4.66. The van der Waals surface area contributed by atoms with Crippen molar-refractivity contribution in [1.82, 2.24) is 0 Å². The van der Waals surface area contributed by atoms with Crippen molar-refractivity contribution in [2.45, 2.75) is 10.4 Å². The fraction of sp³-hybridized carbons (Fsp3) is 0.154. The van der Waals surface area contributed by atoms with Crippen LogP contribution in [0.25, 0.3) is 0 Å². The van der Waals surface area contributed by atoms with Crippen LogP contribution in [0.5, 0.6) is 5.75 Å². The van der Waals surface area contributed by atoms with Gasteiger partial charge in [-0.2, -0.15) is 13.2 Å². The van der Waals surface area contributed by atoms with Crippen molar-refractivity contribution < 1.29 is 31.1 Å². The van der Waals surface area contributed by atoms with Crippen molar-refractivity contribution in [2.75, 3.05) is 12.4 Å². The summed E-state index contributed by atoms with van der Waals surface area (Å²) in [5, 5.41) is 3.99. The lowest BCUT2D eigenvalue weighted by Crippen LogP contribution is -2.23. The van der Waals surface area contributed by atoms with Crippen LogP contribution >= 0.6 is 11.3 Å². The Morgan fingerprint density at radius 2 is 1.96 bits per heavy atom. The fourth-order valence-electron chi connectivity index (χ4n) is 1.68. The molecule has 23 heavy (non-hydrogen) atoms. The van der Waals surface area contributed by atoms with Crippen LogP contribution in [0.1, 0.15) is 9.67 Å². The Morgan fingerprint density at radius 3 is 2.48 bits per heavy atom. The summed E-state index contributed by atoms with van der Waals surface area (Å²) in [7, 11) is -4.27. The number of thiophene rings is 1. The average Bonchev–Trinajstić information content (AvgIpc) is 3.00. The third-order valence-corrected chi connectivity index (χ3v) is 5.13. The van der Waals surface area contributed by atoms with E-state index in [-0.39, 0.29) is 11.4 Å². The molecule has 0 bridgehead atoms. The number of anilines is 1. The highest BCUT2D eigenvalue weighted by Gasteiger charge is 2.47. The minimum atomic E-state index is -5.52. The minimum absolute atomic E-state index is 0.0380. The highest BCUT2D eigenvalue weighted by Crippen LogP contribution is 2.34. The number of rotatable bonds is 4. The van der Waals surface area contributed by atoms with E-state index in [1.165, 1.54) is 13.2 Å². The van der Waals surface area contributed by atoms with E-state index < -0.39 is 26.1 Å². The molecule has 1 aromatic carbocycles. The number of amides is 1. The molecule has 0 aliphatic rings. The van der Waals surface area contributed by atoms with Gasteiger partial charge >= 0.3 is 5.51 Å². The van der Waals surface area contributed by atoms with Crippen LogP contribution in [0.4, 0.5) is 18.9 Å². The van der Waals surface area contributed by atoms with Gasteiger partial charge in [0.05, 0.1) is 22.6 Å². The number of carbonyl (C=O) groups excluding carboxylic acids is 1. The lowest BCUT2D eigenvalue weighted by molar-refractivity contribution is -0.0436. The van der Waals surface area contributed by atoms with Gasteiger partial charge < -0.3 is 10.1 Å². The van der Waals surface area contributed by atoms with Gasteiger partial charge in [0.2, 0.25) is 0 Å². The van der Waals surface area contributed by atoms with Crippen LogP contribution in [0, 0.1) is 0 Å². The summed E-state index contributed by atoms with van der Waals surface area (Å²) in [4.78, 5) is 11.3. The summed E-state index contributed by atoms with van der Waals surface area (Å²) in [6.07, 6.45) is 0. The van der Waals surface area contributed by atoms with Crippen LogP contribution in [0.3, 0.4) is 0 Å². The number of sulfone groups is 1. The highest BCUT2D eigenvalue weighted by atomic mass is 32.2. The van der Waals surface area contributed by atoms with Crippen molar-refractivity contribution in [3.63, 3.8) is 0 Å². The molecule has 0 aliphatic carbocycles. The second-order valence-corrected chi connectivity index (χ2v) is 7.13. The van der Waals surface area contributed by atoms with Gasteiger partial charge in [-0.3, -0.25) is 4.79 Å². The SMILES string of the molecule is COc1ccc(S(=O)(=O)C(F)(F)F)cc1NC(=O)c1cccs1. The normalized spacial score (nSPS) is 12.0. The topological polar surface area (TPSA) is 72.5 Å². The first-order valence-corrected chi connectivity index (χ1v) is 8.37. The zero-order chi connectivity index (χ0) is 17.3. The molecule has 0 radical (unpaired) electrons. The van der Waals surface area contributed by atoms with Gasteiger partial charge in [-0.05, 0) is 29.6 Å². The Labute approximate surface area is 133 Å². The van der Waals surface area contributed by atoms with E-state index in [0.717, 1.165) is 23.5 Å². The zero-order valence-electron chi connectivity index (χ0n) is 11.5. The number of benzene rings is 1. The number of methoxy groups -OCH3 is 1. The van der Waals surface area contributed by atoms with E-state index in [0.29, 0.717) is 10.9 Å². The van der Waals surface area contributed by atoms with Crippen molar-refractivity contribution in [1.29, 1.82) is 0 Å². The first kappa shape index (κ1) is 17.3. The highest BCUT2D eigenvalue weighted by molar-refractivity contribution is 7.92. The second-order valence-electron chi connectivity index (χ2n) is 4.24. The van der Waals surface area contributed by atoms with E-state index in [1.807, 2.05) is 0 Å². The maximum absolute atomic E-state index is 12.6. The summed E-state index contributed by atoms with van der Waals surface area (Å²) in [5.74, 6) is -0.545. The van der Waals surface area contributed by atoms with Crippen LogP contribution in [-0.2, 0) is 9.84 Å². The summed E-state index contributed by atoms with van der Waals surface area (Å²) < 4.78 is 65.7. The largest absolute Gasteiger partial charge is 0.501 e. The molecule has 1 heterocycles. The summed E-state index contributed by atoms with van der Waals surface area (Å²) in [6.45, 7) is 0. The molecule has 1 amide bonds. The molecule has 0 unspecified atom stereocenters. The third kappa shape index (κ3) is 3.48. The van der Waals surface area contributed by atoms with Crippen molar-refractivity contribution in [3.8, 4) is 5.75 Å². The molecule has 2 rings (SSSR count). The predicted octanol–water partition coefficient (Wildman–Crippen LogP) is 3.30. The number of hydrogen-bond donors (Lipinski definition) is 1. The van der Waals surface area contributed by atoms with Crippen molar-refractivity contribution in [2.24, 2.45) is 0 Å². The monoisotopic (exact) mass is 365 g/mol. The Bertz CT molecular complexity index is 814. The van der Waals surface area contributed by atoms with Gasteiger partial charge in [0.15, 0.2) is 0 Å². The molecule has 0 saturated carbocycles. The van der Waals surface area contributed by atoms with Gasteiger partial charge in [-0.15, -0.1) is 11.3 Å². The average molecular weight is 365 g/mol. The van der Waals surface area contributed by atoms with Gasteiger partial charge in [0.25, 0.3) is 15.7 Å². The van der Waals surface area contributed by atoms with Crippen molar-refractivity contribution >= 4 is 32.8 Å². The molecule has 1 aromatic heterocycles. The summed E-state index contributed by atoms with van der Waals surface area (Å²) >= 11 is 1.13. The van der Waals surface area contributed by atoms with E-state index in [2.05, 4.69) is 5.32 Å². The Balaban J connectivity index is 2.43. The van der Waals surface area contributed by atoms with Gasteiger partial charge in [-0.1, -0.05) is 6.07 Å². The van der Waals surface area contributed by atoms with Crippen LogP contribution in [0.2, 0.25) is 0 Å². The number of carbonyl (C=O) groups is 1. The summed E-state index contributed by atoms with van der Waals surface area (Å²) in [6, 6.07) is 5.67. The number of alkyl halides is 3. The van der Waals surface area contributed by atoms with Crippen LogP contribution < -0.4 is 10.1 Å². The molecule has 0 aliphatic heterocycles. The van der Waals surface area contributed by atoms with Crippen molar-refractivity contribution in [3.05, 3.63) is 40.6 Å². The third-order valence-electron chi connectivity index (χ3n) is 2.78. The molecule has 2 aromatic rings. The molecule has 5 nitrogen and oxygen atoms in total. The fourth-order valence-corrected chi connectivity index (χ4v) is 3.08. The Morgan fingerprint density at radius 1 is 1.26 bits per heavy atom. The first-order valence-electron chi connectivity index (χ1n) is 6.01. The van der Waals surface area contributed by atoms with Gasteiger partial charge in [0, 0.05) is 0 Å². The smallest absolute Gasteiger partial charge is 0.495 e.